The van der Waals surface area contributed by atoms with Crippen molar-refractivity contribution in [3.8, 4) is 0 Å². The molecular formula is C20H32FIN4O. The number of nitrogens with two attached hydrogens (primary N) is 1. The van der Waals surface area contributed by atoms with Gasteiger partial charge in [0.05, 0.1) is 0 Å². The van der Waals surface area contributed by atoms with E-state index in [1.165, 1.54) is 31.4 Å². The second-order valence-electron chi connectivity index (χ2n) is 7.66. The van der Waals surface area contributed by atoms with Crippen molar-refractivity contribution >= 4 is 35.6 Å². The fourth-order valence-electron chi connectivity index (χ4n) is 4.22. The molecule has 0 radical (unpaired) electrons. The number of anilines is 1. The Morgan fingerprint density at radius 1 is 1.07 bits per heavy atom. The molecule has 2 aliphatic rings. The second-order valence-corrected chi connectivity index (χ2v) is 7.66. The van der Waals surface area contributed by atoms with E-state index in [1.54, 1.807) is 0 Å². The topological polar surface area (TPSA) is 65.1 Å². The molecule has 1 saturated carbocycles. The lowest BCUT2D eigenvalue weighted by molar-refractivity contribution is 0.137. The normalized spacial score (nSPS) is 20.3. The van der Waals surface area contributed by atoms with Crippen LogP contribution in [-0.2, 0) is 0 Å². The molecule has 0 amide bonds. The summed E-state index contributed by atoms with van der Waals surface area (Å²) in [4.78, 5) is 9.09. The van der Waals surface area contributed by atoms with E-state index < -0.39 is 0 Å². The second kappa shape index (κ2) is 10.5. The summed E-state index contributed by atoms with van der Waals surface area (Å²) in [6, 6.07) is 6.65. The van der Waals surface area contributed by atoms with Crippen molar-refractivity contribution in [2.24, 2.45) is 16.1 Å². The number of aliphatic hydroxyl groups is 1. The van der Waals surface area contributed by atoms with Crippen molar-refractivity contribution in [2.75, 3.05) is 44.2 Å². The van der Waals surface area contributed by atoms with Gasteiger partial charge in [-0.15, -0.1) is 24.0 Å². The maximum absolute atomic E-state index is 13.1. The van der Waals surface area contributed by atoms with Crippen LogP contribution in [0.25, 0.3) is 0 Å². The Labute approximate surface area is 178 Å². The van der Waals surface area contributed by atoms with E-state index in [2.05, 4.69) is 9.80 Å². The third-order valence-electron chi connectivity index (χ3n) is 5.93. The van der Waals surface area contributed by atoms with E-state index in [4.69, 9.17) is 10.7 Å². The molecule has 1 heterocycles. The predicted molar refractivity (Wildman–Crippen MR) is 119 cm³/mol. The van der Waals surface area contributed by atoms with Crippen LogP contribution >= 0.6 is 24.0 Å². The molecule has 0 aromatic heterocycles. The van der Waals surface area contributed by atoms with Crippen LogP contribution in [0.3, 0.4) is 0 Å². The van der Waals surface area contributed by atoms with E-state index in [0.717, 1.165) is 57.7 Å². The van der Waals surface area contributed by atoms with Gasteiger partial charge in [0.15, 0.2) is 5.96 Å². The Morgan fingerprint density at radius 3 is 2.30 bits per heavy atom. The Morgan fingerprint density at radius 2 is 1.70 bits per heavy atom. The van der Waals surface area contributed by atoms with Crippen LogP contribution in [0, 0.1) is 11.2 Å². The van der Waals surface area contributed by atoms with Gasteiger partial charge in [0.25, 0.3) is 0 Å². The van der Waals surface area contributed by atoms with E-state index >= 15 is 0 Å². The van der Waals surface area contributed by atoms with Crippen molar-refractivity contribution in [3.05, 3.63) is 30.1 Å². The molecule has 0 bridgehead atoms. The molecule has 1 aromatic carbocycles. The van der Waals surface area contributed by atoms with Gasteiger partial charge >= 0.3 is 0 Å². The van der Waals surface area contributed by atoms with Crippen LogP contribution in [0.5, 0.6) is 0 Å². The van der Waals surface area contributed by atoms with Crippen molar-refractivity contribution in [3.63, 3.8) is 0 Å². The van der Waals surface area contributed by atoms with Crippen LogP contribution < -0.4 is 10.6 Å². The monoisotopic (exact) mass is 490 g/mol. The number of aliphatic hydroxyl groups excluding tert-OH is 1. The van der Waals surface area contributed by atoms with Crippen LogP contribution in [-0.4, -0.2) is 55.3 Å². The quantitative estimate of drug-likeness (QED) is 0.378. The van der Waals surface area contributed by atoms with E-state index in [1.807, 2.05) is 12.1 Å². The average Bonchev–Trinajstić information content (AvgIpc) is 2.68. The summed E-state index contributed by atoms with van der Waals surface area (Å²) < 4.78 is 13.1. The Balaban J connectivity index is 0.00000261. The number of halogens is 2. The van der Waals surface area contributed by atoms with Crippen molar-refractivity contribution in [1.82, 2.24) is 4.90 Å². The Kier molecular flexibility index (Phi) is 8.60. The van der Waals surface area contributed by atoms with Gasteiger partial charge in [0, 0.05) is 45.0 Å². The maximum Gasteiger partial charge on any atom is 0.191 e. The number of piperazine rings is 1. The number of aliphatic imine (C=N–C) groups is 1. The lowest BCUT2D eigenvalue weighted by Crippen LogP contribution is -2.51. The lowest BCUT2D eigenvalue weighted by Gasteiger charge is -2.38. The number of hydrogen-bond donors (Lipinski definition) is 2. The average molecular weight is 490 g/mol. The van der Waals surface area contributed by atoms with Crippen molar-refractivity contribution < 1.29 is 9.50 Å². The lowest BCUT2D eigenvalue weighted by atomic mass is 9.72. The fraction of sp³-hybridized carbons (Fsp3) is 0.650. The zero-order chi connectivity index (χ0) is 18.4. The van der Waals surface area contributed by atoms with Gasteiger partial charge in [-0.05, 0) is 48.9 Å². The van der Waals surface area contributed by atoms with Gasteiger partial charge in [-0.3, -0.25) is 4.99 Å². The molecule has 7 heteroatoms. The molecule has 0 spiro atoms. The molecule has 3 rings (SSSR count). The molecule has 0 atom stereocenters. The molecule has 0 unspecified atom stereocenters. The summed E-state index contributed by atoms with van der Waals surface area (Å²) in [5, 5.41) is 9.43. The van der Waals surface area contributed by atoms with Crippen LogP contribution in [0.2, 0.25) is 0 Å². The first-order valence-electron chi connectivity index (χ1n) is 9.78. The van der Waals surface area contributed by atoms with Gasteiger partial charge in [-0.1, -0.05) is 19.3 Å². The molecule has 1 aliphatic heterocycles. The molecule has 1 aromatic rings. The number of hydrogen-bond acceptors (Lipinski definition) is 3. The summed E-state index contributed by atoms with van der Waals surface area (Å²) in [6.45, 7) is 4.29. The fourth-order valence-corrected chi connectivity index (χ4v) is 4.22. The van der Waals surface area contributed by atoms with Crippen molar-refractivity contribution in [2.45, 2.75) is 38.5 Å². The zero-order valence-corrected chi connectivity index (χ0v) is 18.3. The molecule has 2 fully saturated rings. The van der Waals surface area contributed by atoms with Crippen LogP contribution in [0.4, 0.5) is 10.1 Å². The first-order chi connectivity index (χ1) is 12.6. The number of benzene rings is 1. The Bertz CT molecular complexity index is 591. The zero-order valence-electron chi connectivity index (χ0n) is 15.9. The van der Waals surface area contributed by atoms with E-state index in [-0.39, 0.29) is 41.8 Å². The van der Waals surface area contributed by atoms with Gasteiger partial charge in [0.1, 0.15) is 5.82 Å². The predicted octanol–water partition coefficient (Wildman–Crippen LogP) is 3.21. The van der Waals surface area contributed by atoms with Crippen molar-refractivity contribution in [1.29, 1.82) is 0 Å². The third-order valence-corrected chi connectivity index (χ3v) is 5.93. The van der Waals surface area contributed by atoms with Gasteiger partial charge in [-0.2, -0.15) is 0 Å². The SMILES string of the molecule is I.NC(=NCC1(CCO)CCCCC1)N1CCN(c2ccc(F)cc2)CC1. The molecule has 152 valence electrons. The standard InChI is InChI=1S/C20H31FN4O.HI/c21-17-4-6-18(7-5-17)24-11-13-25(14-12-24)19(22)23-16-20(10-15-26)8-2-1-3-9-20;/h4-7,26H,1-3,8-16H2,(H2,22,23);1H. The first-order valence-corrected chi connectivity index (χ1v) is 9.78. The summed E-state index contributed by atoms with van der Waals surface area (Å²) in [7, 11) is 0. The minimum Gasteiger partial charge on any atom is -0.396 e. The minimum absolute atomic E-state index is 0. The molecule has 1 saturated heterocycles. The highest BCUT2D eigenvalue weighted by molar-refractivity contribution is 14.0. The molecule has 5 nitrogen and oxygen atoms in total. The van der Waals surface area contributed by atoms with E-state index in [9.17, 15) is 9.50 Å². The highest BCUT2D eigenvalue weighted by Crippen LogP contribution is 2.39. The summed E-state index contributed by atoms with van der Waals surface area (Å²) >= 11 is 0. The number of rotatable bonds is 5. The minimum atomic E-state index is -0.205. The number of guanidine groups is 1. The largest absolute Gasteiger partial charge is 0.396 e. The summed E-state index contributed by atoms with van der Waals surface area (Å²) in [5.74, 6) is 0.412. The summed E-state index contributed by atoms with van der Waals surface area (Å²) in [6.07, 6.45) is 6.85. The molecule has 3 N–H and O–H groups in total. The smallest absolute Gasteiger partial charge is 0.191 e. The summed E-state index contributed by atoms with van der Waals surface area (Å²) in [5.41, 5.74) is 7.45. The van der Waals surface area contributed by atoms with Crippen LogP contribution in [0.15, 0.2) is 29.3 Å². The first kappa shape index (κ1) is 22.2. The Hall–Kier alpha value is -1.09. The molecule has 1 aliphatic carbocycles. The molecular weight excluding hydrogens is 458 g/mol. The maximum atomic E-state index is 13.1. The highest BCUT2D eigenvalue weighted by atomic mass is 127. The third kappa shape index (κ3) is 5.94. The highest BCUT2D eigenvalue weighted by Gasteiger charge is 2.31. The van der Waals surface area contributed by atoms with Gasteiger partial charge in [0.2, 0.25) is 0 Å². The van der Waals surface area contributed by atoms with Gasteiger partial charge < -0.3 is 20.6 Å². The molecule has 27 heavy (non-hydrogen) atoms. The van der Waals surface area contributed by atoms with E-state index in [0.29, 0.717) is 5.96 Å². The van der Waals surface area contributed by atoms with Crippen LogP contribution in [0.1, 0.15) is 38.5 Å². The van der Waals surface area contributed by atoms with Gasteiger partial charge in [-0.25, -0.2) is 4.39 Å². The number of nitrogens with zero attached hydrogens (tertiary/aromatic N) is 3.